The molecule has 0 aliphatic carbocycles. The number of rotatable bonds is 8. The Hall–Kier alpha value is -1.40. The molecule has 1 amide bonds. The third-order valence-corrected chi connectivity index (χ3v) is 6.62. The first-order chi connectivity index (χ1) is 11.5. The molecule has 0 saturated carbocycles. The van der Waals surface area contributed by atoms with Crippen LogP contribution in [0.1, 0.15) is 54.5 Å². The van der Waals surface area contributed by atoms with Crippen LogP contribution in [0.3, 0.4) is 0 Å². The molecular weight excluding hydrogens is 336 g/mol. The van der Waals surface area contributed by atoms with Gasteiger partial charge in [0.25, 0.3) is 0 Å². The highest BCUT2D eigenvalue weighted by atomic mass is 32.2. The summed E-state index contributed by atoms with van der Waals surface area (Å²) >= 11 is 0. The van der Waals surface area contributed by atoms with Gasteiger partial charge in [-0.05, 0) is 74.8 Å². The Kier molecular flexibility index (Phi) is 7.62. The topological polar surface area (TPSA) is 75.3 Å². The van der Waals surface area contributed by atoms with Gasteiger partial charge in [-0.15, -0.1) is 0 Å². The summed E-state index contributed by atoms with van der Waals surface area (Å²) in [5.74, 6) is 0.394. The Balaban J connectivity index is 2.79. The fourth-order valence-corrected chi connectivity index (χ4v) is 4.46. The monoisotopic (exact) mass is 368 g/mol. The normalized spacial score (nSPS) is 11.8. The van der Waals surface area contributed by atoms with Gasteiger partial charge in [0.2, 0.25) is 15.9 Å². The highest BCUT2D eigenvalue weighted by molar-refractivity contribution is 7.89. The van der Waals surface area contributed by atoms with E-state index in [1.54, 1.807) is 0 Å². The average Bonchev–Trinajstić information content (AvgIpc) is 2.50. The van der Waals surface area contributed by atoms with Gasteiger partial charge >= 0.3 is 0 Å². The van der Waals surface area contributed by atoms with E-state index in [0.717, 1.165) is 34.2 Å². The van der Waals surface area contributed by atoms with E-state index in [1.807, 2.05) is 34.6 Å². The number of carbonyl (C=O) groups excluding carboxylic acids is 1. The predicted molar refractivity (Wildman–Crippen MR) is 102 cm³/mol. The average molecular weight is 369 g/mol. The molecule has 5 nitrogen and oxygen atoms in total. The quantitative estimate of drug-likeness (QED) is 0.740. The molecule has 0 spiro atoms. The van der Waals surface area contributed by atoms with Crippen LogP contribution in [0.2, 0.25) is 0 Å². The van der Waals surface area contributed by atoms with Gasteiger partial charge in [-0.1, -0.05) is 13.8 Å². The molecule has 0 saturated heterocycles. The fourth-order valence-electron chi connectivity index (χ4n) is 2.83. The Morgan fingerprint density at radius 2 is 1.36 bits per heavy atom. The van der Waals surface area contributed by atoms with Crippen LogP contribution in [0.25, 0.3) is 0 Å². The maximum absolute atomic E-state index is 12.7. The zero-order valence-corrected chi connectivity index (χ0v) is 17.4. The van der Waals surface area contributed by atoms with E-state index >= 15 is 0 Å². The highest BCUT2D eigenvalue weighted by Gasteiger charge is 2.23. The van der Waals surface area contributed by atoms with Crippen LogP contribution < -0.4 is 10.0 Å². The summed E-state index contributed by atoms with van der Waals surface area (Å²) in [6.07, 6.45) is 1.05. The molecule has 0 aromatic heterocycles. The van der Waals surface area contributed by atoms with Gasteiger partial charge < -0.3 is 5.32 Å². The number of sulfonamides is 1. The predicted octanol–water partition coefficient (Wildman–Crippen LogP) is 3.06. The number of benzene rings is 1. The van der Waals surface area contributed by atoms with Crippen molar-refractivity contribution in [3.63, 3.8) is 0 Å². The molecule has 6 heteroatoms. The van der Waals surface area contributed by atoms with Gasteiger partial charge in [0.05, 0.1) is 4.90 Å². The van der Waals surface area contributed by atoms with Crippen molar-refractivity contribution in [3.8, 4) is 0 Å². The van der Waals surface area contributed by atoms with Gasteiger partial charge in [-0.3, -0.25) is 4.79 Å². The molecule has 0 fully saturated rings. The Labute approximate surface area is 152 Å². The van der Waals surface area contributed by atoms with Crippen molar-refractivity contribution in [1.29, 1.82) is 0 Å². The van der Waals surface area contributed by atoms with Crippen LogP contribution in [0.15, 0.2) is 4.90 Å². The minimum Gasteiger partial charge on any atom is -0.356 e. The second kappa shape index (κ2) is 8.81. The van der Waals surface area contributed by atoms with E-state index in [4.69, 9.17) is 0 Å². The molecule has 0 radical (unpaired) electrons. The van der Waals surface area contributed by atoms with Crippen LogP contribution in [-0.4, -0.2) is 27.4 Å². The number of hydrogen-bond acceptors (Lipinski definition) is 3. The summed E-state index contributed by atoms with van der Waals surface area (Å²) in [6.45, 7) is 14.5. The van der Waals surface area contributed by atoms with E-state index < -0.39 is 10.0 Å². The fraction of sp³-hybridized carbons (Fsp3) is 0.632. The summed E-state index contributed by atoms with van der Waals surface area (Å²) < 4.78 is 28.0. The van der Waals surface area contributed by atoms with Crippen LogP contribution in [0.5, 0.6) is 0 Å². The second-order valence-electron chi connectivity index (χ2n) is 7.13. The molecule has 0 aliphatic rings. The third-order valence-electron chi connectivity index (χ3n) is 4.89. The number of amides is 1. The molecule has 0 atom stereocenters. The lowest BCUT2D eigenvalue weighted by Gasteiger charge is -2.19. The summed E-state index contributed by atoms with van der Waals surface area (Å²) in [7, 11) is -3.64. The van der Waals surface area contributed by atoms with Crippen molar-refractivity contribution in [2.24, 2.45) is 5.92 Å². The largest absolute Gasteiger partial charge is 0.356 e. The smallest absolute Gasteiger partial charge is 0.241 e. The van der Waals surface area contributed by atoms with Crippen LogP contribution in [-0.2, 0) is 14.8 Å². The van der Waals surface area contributed by atoms with Gasteiger partial charge in [-0.25, -0.2) is 13.1 Å². The Bertz CT molecular complexity index is 709. The van der Waals surface area contributed by atoms with Gasteiger partial charge in [0.15, 0.2) is 0 Å². The van der Waals surface area contributed by atoms with Gasteiger partial charge in [-0.2, -0.15) is 0 Å². The first-order valence-corrected chi connectivity index (χ1v) is 10.3. The summed E-state index contributed by atoms with van der Waals surface area (Å²) in [4.78, 5) is 12.1. The van der Waals surface area contributed by atoms with Crippen LogP contribution >= 0.6 is 0 Å². The van der Waals surface area contributed by atoms with Crippen molar-refractivity contribution >= 4 is 15.9 Å². The van der Waals surface area contributed by atoms with Gasteiger partial charge in [0, 0.05) is 19.5 Å². The molecule has 25 heavy (non-hydrogen) atoms. The number of nitrogens with one attached hydrogen (secondary N) is 2. The minimum absolute atomic E-state index is 0.0979. The SMILES string of the molecule is Cc1c(C)c(C)c(S(=O)(=O)NCCC(=O)NCCC(C)C)c(C)c1C. The van der Waals surface area contributed by atoms with Crippen LogP contribution in [0, 0.1) is 40.5 Å². The molecule has 0 aliphatic heterocycles. The molecule has 1 rings (SSSR count). The van der Waals surface area contributed by atoms with E-state index in [1.165, 1.54) is 0 Å². The number of hydrogen-bond donors (Lipinski definition) is 2. The summed E-state index contributed by atoms with van der Waals surface area (Å²) in [5, 5.41) is 2.81. The van der Waals surface area contributed by atoms with Crippen molar-refractivity contribution in [2.75, 3.05) is 13.1 Å². The van der Waals surface area contributed by atoms with E-state index in [-0.39, 0.29) is 18.9 Å². The standard InChI is InChI=1S/C19H32N2O3S/c1-12(2)8-10-20-18(22)9-11-21-25(23,24)19-16(6)14(4)13(3)15(5)17(19)7/h12,21H,8-11H2,1-7H3,(H,20,22). The van der Waals surface area contributed by atoms with E-state index in [0.29, 0.717) is 17.4 Å². The molecule has 1 aromatic carbocycles. The highest BCUT2D eigenvalue weighted by Crippen LogP contribution is 2.29. The molecule has 0 heterocycles. The Morgan fingerprint density at radius 3 is 1.84 bits per heavy atom. The lowest BCUT2D eigenvalue weighted by atomic mass is 9.95. The first kappa shape index (κ1) is 21.6. The molecule has 1 aromatic rings. The van der Waals surface area contributed by atoms with E-state index in [9.17, 15) is 13.2 Å². The first-order valence-electron chi connectivity index (χ1n) is 8.82. The second-order valence-corrected chi connectivity index (χ2v) is 8.84. The van der Waals surface area contributed by atoms with E-state index in [2.05, 4.69) is 23.9 Å². The lowest BCUT2D eigenvalue weighted by molar-refractivity contribution is -0.120. The lowest BCUT2D eigenvalue weighted by Crippen LogP contribution is -2.32. The Morgan fingerprint density at radius 1 is 0.880 bits per heavy atom. The summed E-state index contributed by atoms with van der Waals surface area (Å²) in [5.41, 5.74) is 4.66. The zero-order valence-electron chi connectivity index (χ0n) is 16.5. The van der Waals surface area contributed by atoms with Crippen molar-refractivity contribution in [2.45, 2.75) is 66.2 Å². The summed E-state index contributed by atoms with van der Waals surface area (Å²) in [6, 6.07) is 0. The molecule has 2 N–H and O–H groups in total. The van der Waals surface area contributed by atoms with Crippen molar-refractivity contribution in [1.82, 2.24) is 10.0 Å². The third kappa shape index (κ3) is 5.54. The molecular formula is C19H32N2O3S. The van der Waals surface area contributed by atoms with Crippen molar-refractivity contribution in [3.05, 3.63) is 27.8 Å². The maximum atomic E-state index is 12.7. The van der Waals surface area contributed by atoms with Gasteiger partial charge in [0.1, 0.15) is 0 Å². The molecule has 0 bridgehead atoms. The zero-order chi connectivity index (χ0) is 19.4. The number of carbonyl (C=O) groups is 1. The minimum atomic E-state index is -3.64. The van der Waals surface area contributed by atoms with Crippen molar-refractivity contribution < 1.29 is 13.2 Å². The maximum Gasteiger partial charge on any atom is 0.241 e. The molecule has 142 valence electrons. The molecule has 0 unspecified atom stereocenters. The van der Waals surface area contributed by atoms with Crippen LogP contribution in [0.4, 0.5) is 0 Å².